The number of amides is 1. The SMILES string of the molecule is CCC(=O)NCCSCc1c(C)ccc(CN)c1C. The summed E-state index contributed by atoms with van der Waals surface area (Å²) in [6.07, 6.45) is 0.557. The van der Waals surface area contributed by atoms with Crippen molar-refractivity contribution in [2.45, 2.75) is 39.5 Å². The van der Waals surface area contributed by atoms with Crippen molar-refractivity contribution >= 4 is 17.7 Å². The van der Waals surface area contributed by atoms with Crippen LogP contribution in [-0.2, 0) is 17.1 Å². The second kappa shape index (κ2) is 8.23. The average molecular weight is 280 g/mol. The molecule has 0 heterocycles. The van der Waals surface area contributed by atoms with E-state index in [9.17, 15) is 4.79 Å². The van der Waals surface area contributed by atoms with Gasteiger partial charge in [-0.25, -0.2) is 0 Å². The number of benzene rings is 1. The quantitative estimate of drug-likeness (QED) is 0.755. The van der Waals surface area contributed by atoms with Crippen LogP contribution < -0.4 is 11.1 Å². The monoisotopic (exact) mass is 280 g/mol. The second-order valence-electron chi connectivity index (χ2n) is 4.61. The van der Waals surface area contributed by atoms with E-state index < -0.39 is 0 Å². The fourth-order valence-corrected chi connectivity index (χ4v) is 2.98. The molecule has 1 amide bonds. The Balaban J connectivity index is 2.47. The summed E-state index contributed by atoms with van der Waals surface area (Å²) in [5, 5.41) is 2.89. The summed E-state index contributed by atoms with van der Waals surface area (Å²) in [5.74, 6) is 2.04. The standard InChI is InChI=1S/C15H24N2OS/c1-4-15(18)17-7-8-19-10-14-11(2)5-6-13(9-16)12(14)3/h5-6H,4,7-10,16H2,1-3H3,(H,17,18). The molecule has 19 heavy (non-hydrogen) atoms. The lowest BCUT2D eigenvalue weighted by Gasteiger charge is -2.13. The first-order valence-electron chi connectivity index (χ1n) is 6.72. The molecule has 0 radical (unpaired) electrons. The summed E-state index contributed by atoms with van der Waals surface area (Å²) < 4.78 is 0. The molecule has 1 aromatic carbocycles. The van der Waals surface area contributed by atoms with E-state index in [0.29, 0.717) is 13.0 Å². The maximum atomic E-state index is 11.1. The van der Waals surface area contributed by atoms with Gasteiger partial charge in [0.1, 0.15) is 0 Å². The molecule has 0 fully saturated rings. The van der Waals surface area contributed by atoms with Crippen LogP contribution in [0.4, 0.5) is 0 Å². The molecule has 106 valence electrons. The summed E-state index contributed by atoms with van der Waals surface area (Å²) in [6, 6.07) is 4.25. The van der Waals surface area contributed by atoms with E-state index in [0.717, 1.165) is 18.1 Å². The van der Waals surface area contributed by atoms with E-state index in [4.69, 9.17) is 5.73 Å². The summed E-state index contributed by atoms with van der Waals surface area (Å²) >= 11 is 1.85. The van der Waals surface area contributed by atoms with Gasteiger partial charge >= 0.3 is 0 Å². The van der Waals surface area contributed by atoms with Crippen molar-refractivity contribution in [3.8, 4) is 0 Å². The van der Waals surface area contributed by atoms with Gasteiger partial charge in [0.25, 0.3) is 0 Å². The zero-order valence-corrected chi connectivity index (χ0v) is 12.9. The molecule has 0 aliphatic carbocycles. The van der Waals surface area contributed by atoms with Crippen LogP contribution in [-0.4, -0.2) is 18.2 Å². The highest BCUT2D eigenvalue weighted by atomic mass is 32.2. The molecular weight excluding hydrogens is 256 g/mol. The fourth-order valence-electron chi connectivity index (χ4n) is 1.95. The lowest BCUT2D eigenvalue weighted by Crippen LogP contribution is -2.24. The molecule has 1 aromatic rings. The van der Waals surface area contributed by atoms with E-state index in [1.807, 2.05) is 18.7 Å². The molecule has 4 heteroatoms. The van der Waals surface area contributed by atoms with Gasteiger partial charge in [-0.2, -0.15) is 11.8 Å². The molecule has 0 atom stereocenters. The van der Waals surface area contributed by atoms with Crippen molar-refractivity contribution in [1.29, 1.82) is 0 Å². The molecule has 3 nitrogen and oxygen atoms in total. The third-order valence-corrected chi connectivity index (χ3v) is 4.29. The average Bonchev–Trinajstić information content (AvgIpc) is 2.41. The molecule has 0 aliphatic rings. The van der Waals surface area contributed by atoms with Gasteiger partial charge in [-0.05, 0) is 36.1 Å². The van der Waals surface area contributed by atoms with E-state index in [1.54, 1.807) is 0 Å². The van der Waals surface area contributed by atoms with Crippen LogP contribution in [0.5, 0.6) is 0 Å². The third kappa shape index (κ3) is 4.88. The first-order chi connectivity index (χ1) is 9.10. The van der Waals surface area contributed by atoms with Crippen LogP contribution >= 0.6 is 11.8 Å². The molecule has 3 N–H and O–H groups in total. The minimum absolute atomic E-state index is 0.123. The van der Waals surface area contributed by atoms with Crippen molar-refractivity contribution in [2.24, 2.45) is 5.73 Å². The topological polar surface area (TPSA) is 55.1 Å². The predicted octanol–water partition coefficient (Wildman–Crippen LogP) is 2.52. The Hall–Kier alpha value is -1.00. The largest absolute Gasteiger partial charge is 0.355 e. The molecule has 0 spiro atoms. The van der Waals surface area contributed by atoms with Crippen molar-refractivity contribution in [3.63, 3.8) is 0 Å². The number of nitrogens with two attached hydrogens (primary N) is 1. The minimum Gasteiger partial charge on any atom is -0.355 e. The second-order valence-corrected chi connectivity index (χ2v) is 5.71. The fraction of sp³-hybridized carbons (Fsp3) is 0.533. The van der Waals surface area contributed by atoms with E-state index in [-0.39, 0.29) is 5.91 Å². The lowest BCUT2D eigenvalue weighted by molar-refractivity contribution is -0.120. The van der Waals surface area contributed by atoms with Gasteiger partial charge < -0.3 is 11.1 Å². The van der Waals surface area contributed by atoms with Crippen molar-refractivity contribution in [3.05, 3.63) is 34.4 Å². The number of carbonyl (C=O) groups is 1. The van der Waals surface area contributed by atoms with Crippen LogP contribution in [0.3, 0.4) is 0 Å². The van der Waals surface area contributed by atoms with Crippen LogP contribution in [0.2, 0.25) is 0 Å². The highest BCUT2D eigenvalue weighted by Gasteiger charge is 2.06. The van der Waals surface area contributed by atoms with E-state index in [1.165, 1.54) is 22.3 Å². The van der Waals surface area contributed by atoms with Crippen LogP contribution in [0.25, 0.3) is 0 Å². The van der Waals surface area contributed by atoms with Crippen LogP contribution in [0, 0.1) is 13.8 Å². The Kier molecular flexibility index (Phi) is 6.95. The molecule has 0 saturated heterocycles. The van der Waals surface area contributed by atoms with Gasteiger partial charge in [0.15, 0.2) is 0 Å². The zero-order chi connectivity index (χ0) is 14.3. The van der Waals surface area contributed by atoms with Crippen LogP contribution in [0.15, 0.2) is 12.1 Å². The Morgan fingerprint density at radius 1 is 1.37 bits per heavy atom. The number of carbonyl (C=O) groups excluding carboxylic acids is 1. The van der Waals surface area contributed by atoms with Gasteiger partial charge in [-0.1, -0.05) is 19.1 Å². The molecule has 1 rings (SSSR count). The lowest BCUT2D eigenvalue weighted by atomic mass is 9.99. The Bertz CT molecular complexity index is 432. The van der Waals surface area contributed by atoms with Crippen LogP contribution in [0.1, 0.15) is 35.6 Å². The number of aryl methyl sites for hydroxylation is 1. The van der Waals surface area contributed by atoms with Crippen molar-refractivity contribution in [2.75, 3.05) is 12.3 Å². The number of thioether (sulfide) groups is 1. The first-order valence-corrected chi connectivity index (χ1v) is 7.88. The minimum atomic E-state index is 0.123. The zero-order valence-electron chi connectivity index (χ0n) is 12.1. The van der Waals surface area contributed by atoms with Gasteiger partial charge in [0.2, 0.25) is 5.91 Å². The summed E-state index contributed by atoms with van der Waals surface area (Å²) in [4.78, 5) is 11.1. The number of hydrogen-bond acceptors (Lipinski definition) is 3. The first kappa shape index (κ1) is 16.1. The highest BCUT2D eigenvalue weighted by Crippen LogP contribution is 2.22. The van der Waals surface area contributed by atoms with Crippen molar-refractivity contribution in [1.82, 2.24) is 5.32 Å². The molecule has 0 bridgehead atoms. The summed E-state index contributed by atoms with van der Waals surface area (Å²) in [6.45, 7) is 7.49. The van der Waals surface area contributed by atoms with E-state index >= 15 is 0 Å². The van der Waals surface area contributed by atoms with E-state index in [2.05, 4.69) is 31.3 Å². The molecule has 0 unspecified atom stereocenters. The summed E-state index contributed by atoms with van der Waals surface area (Å²) in [5.41, 5.74) is 11.0. The Morgan fingerprint density at radius 3 is 2.74 bits per heavy atom. The molecule has 0 aliphatic heterocycles. The van der Waals surface area contributed by atoms with Gasteiger partial charge in [0.05, 0.1) is 0 Å². The molecule has 0 saturated carbocycles. The summed E-state index contributed by atoms with van der Waals surface area (Å²) in [7, 11) is 0. The maximum absolute atomic E-state index is 11.1. The number of rotatable bonds is 7. The normalized spacial score (nSPS) is 10.5. The molecular formula is C15H24N2OS. The number of nitrogens with one attached hydrogen (secondary N) is 1. The van der Waals surface area contributed by atoms with Gasteiger partial charge in [-0.15, -0.1) is 0 Å². The smallest absolute Gasteiger partial charge is 0.219 e. The molecule has 0 aromatic heterocycles. The van der Waals surface area contributed by atoms with Gasteiger partial charge in [0, 0.05) is 31.0 Å². The number of hydrogen-bond donors (Lipinski definition) is 2. The van der Waals surface area contributed by atoms with Crippen molar-refractivity contribution < 1.29 is 4.79 Å². The Labute approximate surface area is 120 Å². The highest BCUT2D eigenvalue weighted by molar-refractivity contribution is 7.98. The predicted molar refractivity (Wildman–Crippen MR) is 83.3 cm³/mol. The maximum Gasteiger partial charge on any atom is 0.219 e. The van der Waals surface area contributed by atoms with Gasteiger partial charge in [-0.3, -0.25) is 4.79 Å². The Morgan fingerprint density at radius 2 is 2.11 bits per heavy atom. The third-order valence-electron chi connectivity index (χ3n) is 3.30.